The van der Waals surface area contributed by atoms with Crippen molar-refractivity contribution in [3.05, 3.63) is 29.8 Å². The molecule has 1 fully saturated rings. The Morgan fingerprint density at radius 1 is 1.33 bits per heavy atom. The van der Waals surface area contributed by atoms with Crippen molar-refractivity contribution in [1.29, 1.82) is 5.26 Å². The number of benzene rings is 1. The lowest BCUT2D eigenvalue weighted by Gasteiger charge is -2.11. The van der Waals surface area contributed by atoms with Crippen molar-refractivity contribution in [2.75, 3.05) is 6.61 Å². The van der Waals surface area contributed by atoms with Crippen LogP contribution in [0.5, 0.6) is 0 Å². The van der Waals surface area contributed by atoms with Gasteiger partial charge in [-0.25, -0.2) is 0 Å². The fourth-order valence-electron chi connectivity index (χ4n) is 1.69. The summed E-state index contributed by atoms with van der Waals surface area (Å²) in [7, 11) is -3.70. The molecule has 0 saturated heterocycles. The molecule has 0 radical (unpaired) electrons. The summed E-state index contributed by atoms with van der Waals surface area (Å²) in [6.07, 6.45) is 2.09. The van der Waals surface area contributed by atoms with Gasteiger partial charge in [0.25, 0.3) is 10.1 Å². The van der Waals surface area contributed by atoms with Gasteiger partial charge >= 0.3 is 0 Å². The molecule has 0 N–H and O–H groups in total. The number of nitrogens with zero attached hydrogens (tertiary/aromatic N) is 1. The summed E-state index contributed by atoms with van der Waals surface area (Å²) in [5, 5.41) is 8.66. The van der Waals surface area contributed by atoms with E-state index >= 15 is 0 Å². The molecule has 0 unspecified atom stereocenters. The minimum absolute atomic E-state index is 0.108. The Morgan fingerprint density at radius 3 is 2.44 bits per heavy atom. The molecule has 1 aromatic carbocycles. The van der Waals surface area contributed by atoms with Crippen LogP contribution in [-0.2, 0) is 14.3 Å². The molecule has 0 spiro atoms. The van der Waals surface area contributed by atoms with Crippen molar-refractivity contribution in [3.8, 4) is 6.07 Å². The van der Waals surface area contributed by atoms with Crippen molar-refractivity contribution in [2.45, 2.75) is 31.1 Å². The van der Waals surface area contributed by atoms with E-state index < -0.39 is 10.1 Å². The van der Waals surface area contributed by atoms with Gasteiger partial charge in [-0.15, -0.1) is 0 Å². The molecule has 1 aromatic rings. The van der Waals surface area contributed by atoms with Crippen molar-refractivity contribution in [2.24, 2.45) is 5.41 Å². The Hall–Kier alpha value is -1.38. The zero-order valence-corrected chi connectivity index (χ0v) is 11.0. The fourth-order valence-corrected chi connectivity index (χ4v) is 2.70. The molecule has 2 rings (SSSR count). The van der Waals surface area contributed by atoms with Gasteiger partial charge in [0, 0.05) is 11.8 Å². The Morgan fingerprint density at radius 2 is 1.94 bits per heavy atom. The van der Waals surface area contributed by atoms with Gasteiger partial charge in [-0.05, 0) is 31.9 Å². The van der Waals surface area contributed by atoms with Crippen LogP contribution in [0.2, 0.25) is 0 Å². The molecule has 1 aliphatic carbocycles. The number of nitriles is 1. The van der Waals surface area contributed by atoms with Gasteiger partial charge in [-0.2, -0.15) is 13.7 Å². The van der Waals surface area contributed by atoms with E-state index in [4.69, 9.17) is 9.44 Å². The monoisotopic (exact) mass is 265 g/mol. The summed E-state index contributed by atoms with van der Waals surface area (Å²) >= 11 is 0. The highest BCUT2D eigenvalue weighted by molar-refractivity contribution is 7.86. The summed E-state index contributed by atoms with van der Waals surface area (Å²) in [6.45, 7) is 2.00. The smallest absolute Gasteiger partial charge is 0.266 e. The zero-order valence-electron chi connectivity index (χ0n) is 10.2. The van der Waals surface area contributed by atoms with Gasteiger partial charge in [-0.3, -0.25) is 4.18 Å². The lowest BCUT2D eigenvalue weighted by molar-refractivity contribution is 0.242. The minimum atomic E-state index is -3.70. The summed E-state index contributed by atoms with van der Waals surface area (Å²) in [6, 6.07) is 8.62. The Bertz CT molecular complexity index is 565. The second-order valence-electron chi connectivity index (χ2n) is 4.86. The van der Waals surface area contributed by atoms with Gasteiger partial charge in [0.15, 0.2) is 0 Å². The van der Waals surface area contributed by atoms with Crippen LogP contribution in [0.3, 0.4) is 0 Å². The van der Waals surface area contributed by atoms with Gasteiger partial charge in [0.2, 0.25) is 0 Å². The molecular weight excluding hydrogens is 250 g/mol. The Balaban J connectivity index is 2.04. The van der Waals surface area contributed by atoms with Crippen LogP contribution >= 0.6 is 0 Å². The quantitative estimate of drug-likeness (QED) is 0.767. The minimum Gasteiger partial charge on any atom is -0.266 e. The molecule has 0 heterocycles. The summed E-state index contributed by atoms with van der Waals surface area (Å²) in [5.41, 5.74) is 0.768. The van der Waals surface area contributed by atoms with Crippen LogP contribution in [0.25, 0.3) is 0 Å². The maximum absolute atomic E-state index is 11.9. The van der Waals surface area contributed by atoms with Crippen molar-refractivity contribution < 1.29 is 12.6 Å². The van der Waals surface area contributed by atoms with Crippen LogP contribution in [0.15, 0.2) is 29.2 Å². The standard InChI is InChI=1S/C13H15NO3S/c1-11-2-4-12(5-3-11)18(15,16)17-10-13(6-7-13)8-9-14/h2-5H,6-8,10H2,1H3. The van der Waals surface area contributed by atoms with E-state index in [0.717, 1.165) is 18.4 Å². The summed E-state index contributed by atoms with van der Waals surface area (Å²) in [5.74, 6) is 0. The van der Waals surface area contributed by atoms with Gasteiger partial charge in [-0.1, -0.05) is 17.7 Å². The highest BCUT2D eigenvalue weighted by atomic mass is 32.2. The molecule has 1 aliphatic rings. The van der Waals surface area contributed by atoms with Gasteiger partial charge in [0.1, 0.15) is 0 Å². The predicted octanol–water partition coefficient (Wildman–Crippen LogP) is 2.39. The second-order valence-corrected chi connectivity index (χ2v) is 6.48. The number of hydrogen-bond donors (Lipinski definition) is 0. The topological polar surface area (TPSA) is 67.2 Å². The van der Waals surface area contributed by atoms with Gasteiger partial charge < -0.3 is 0 Å². The predicted molar refractivity (Wildman–Crippen MR) is 66.2 cm³/mol. The first-order chi connectivity index (χ1) is 8.47. The van der Waals surface area contributed by atoms with Crippen LogP contribution in [0.1, 0.15) is 24.8 Å². The average Bonchev–Trinajstić information content (AvgIpc) is 3.08. The van der Waals surface area contributed by atoms with E-state index in [-0.39, 0.29) is 16.9 Å². The van der Waals surface area contributed by atoms with Crippen LogP contribution in [-0.4, -0.2) is 15.0 Å². The molecule has 96 valence electrons. The summed E-state index contributed by atoms with van der Waals surface area (Å²) in [4.78, 5) is 0.167. The van der Waals surface area contributed by atoms with E-state index in [0.29, 0.717) is 6.42 Å². The number of aryl methyl sites for hydroxylation is 1. The molecular formula is C13H15NO3S. The highest BCUT2D eigenvalue weighted by Crippen LogP contribution is 2.49. The molecule has 0 amide bonds. The van der Waals surface area contributed by atoms with Gasteiger partial charge in [0.05, 0.1) is 17.6 Å². The van der Waals surface area contributed by atoms with E-state index in [1.54, 1.807) is 12.1 Å². The van der Waals surface area contributed by atoms with Crippen LogP contribution in [0, 0.1) is 23.7 Å². The third-order valence-electron chi connectivity index (χ3n) is 3.24. The third kappa shape index (κ3) is 2.89. The maximum atomic E-state index is 11.9. The largest absolute Gasteiger partial charge is 0.296 e. The van der Waals surface area contributed by atoms with Crippen molar-refractivity contribution >= 4 is 10.1 Å². The van der Waals surface area contributed by atoms with Crippen molar-refractivity contribution in [1.82, 2.24) is 0 Å². The van der Waals surface area contributed by atoms with E-state index in [1.165, 1.54) is 12.1 Å². The average molecular weight is 265 g/mol. The molecule has 0 bridgehead atoms. The Kier molecular flexibility index (Phi) is 3.42. The summed E-state index contributed by atoms with van der Waals surface area (Å²) < 4.78 is 28.9. The molecule has 18 heavy (non-hydrogen) atoms. The number of hydrogen-bond acceptors (Lipinski definition) is 4. The van der Waals surface area contributed by atoms with Crippen LogP contribution in [0.4, 0.5) is 0 Å². The van der Waals surface area contributed by atoms with Crippen molar-refractivity contribution in [3.63, 3.8) is 0 Å². The van der Waals surface area contributed by atoms with E-state index in [9.17, 15) is 8.42 Å². The lowest BCUT2D eigenvalue weighted by atomic mass is 10.1. The Labute approximate surface area is 107 Å². The first-order valence-corrected chi connectivity index (χ1v) is 7.21. The fraction of sp³-hybridized carbons (Fsp3) is 0.462. The highest BCUT2D eigenvalue weighted by Gasteiger charge is 2.44. The molecule has 0 atom stereocenters. The molecule has 1 saturated carbocycles. The first-order valence-electron chi connectivity index (χ1n) is 5.81. The SMILES string of the molecule is Cc1ccc(S(=O)(=O)OCC2(CC#N)CC2)cc1. The lowest BCUT2D eigenvalue weighted by Crippen LogP contribution is -2.15. The molecule has 0 aromatic heterocycles. The zero-order chi connectivity index (χ0) is 13.2. The van der Waals surface area contributed by atoms with Crippen LogP contribution < -0.4 is 0 Å². The number of rotatable bonds is 5. The van der Waals surface area contributed by atoms with E-state index in [2.05, 4.69) is 6.07 Å². The normalized spacial score (nSPS) is 17.1. The molecule has 4 nitrogen and oxygen atoms in total. The molecule has 5 heteroatoms. The molecule has 0 aliphatic heterocycles. The second kappa shape index (κ2) is 4.71. The van der Waals surface area contributed by atoms with E-state index in [1.807, 2.05) is 6.92 Å². The first kappa shape index (κ1) is 13.1. The third-order valence-corrected chi connectivity index (χ3v) is 4.52. The maximum Gasteiger partial charge on any atom is 0.296 e.